The minimum Gasteiger partial charge on any atom is -0.374 e. The number of nitrogens with one attached hydrogen (secondary N) is 1. The average Bonchev–Trinajstić information content (AvgIpc) is 2.60. The quantitative estimate of drug-likeness (QED) is 0.865. The van der Waals surface area contributed by atoms with Crippen molar-refractivity contribution in [3.05, 3.63) is 28.5 Å². The van der Waals surface area contributed by atoms with Crippen LogP contribution in [0.1, 0.15) is 19.2 Å². The van der Waals surface area contributed by atoms with Gasteiger partial charge in [-0.25, -0.2) is 4.98 Å². The van der Waals surface area contributed by atoms with Crippen LogP contribution >= 0.6 is 15.9 Å². The predicted molar refractivity (Wildman–Crippen MR) is 63.7 cm³/mol. The number of nitrogens with zero attached hydrogens (tertiary/aromatic N) is 1. The molecule has 80 valence electrons. The Morgan fingerprint density at radius 2 is 2.33 bits per heavy atom. The number of H-pyrrole nitrogens is 1. The highest BCUT2D eigenvalue weighted by Gasteiger charge is 2.02. The zero-order valence-electron chi connectivity index (χ0n) is 8.59. The van der Waals surface area contributed by atoms with Gasteiger partial charge in [0.15, 0.2) is 0 Å². The standard InChI is InChI=1S/C11H13BrN2O/c1-2-5-15-7-11-13-9-4-3-8(12)6-10(9)14-11/h3-4,6H,2,5,7H2,1H3,(H,13,14). The molecule has 0 radical (unpaired) electrons. The molecule has 0 bridgehead atoms. The molecule has 0 aliphatic carbocycles. The fraction of sp³-hybridized carbons (Fsp3) is 0.364. The minimum absolute atomic E-state index is 0.556. The van der Waals surface area contributed by atoms with E-state index in [2.05, 4.69) is 32.8 Å². The van der Waals surface area contributed by atoms with Gasteiger partial charge in [-0.1, -0.05) is 22.9 Å². The molecule has 4 heteroatoms. The van der Waals surface area contributed by atoms with E-state index < -0.39 is 0 Å². The number of fused-ring (bicyclic) bond motifs is 1. The molecule has 0 spiro atoms. The van der Waals surface area contributed by atoms with Crippen LogP contribution in [0.15, 0.2) is 22.7 Å². The molecule has 0 saturated carbocycles. The van der Waals surface area contributed by atoms with E-state index in [1.165, 1.54) is 0 Å². The van der Waals surface area contributed by atoms with Gasteiger partial charge in [0, 0.05) is 11.1 Å². The van der Waals surface area contributed by atoms with Crippen LogP contribution in [-0.2, 0) is 11.3 Å². The first-order valence-corrected chi connectivity index (χ1v) is 5.81. The molecule has 1 N–H and O–H groups in total. The first-order valence-electron chi connectivity index (χ1n) is 5.01. The van der Waals surface area contributed by atoms with Crippen LogP contribution in [0, 0.1) is 0 Å². The zero-order valence-corrected chi connectivity index (χ0v) is 10.2. The molecule has 1 aromatic heterocycles. The molecule has 0 aliphatic heterocycles. The Balaban J connectivity index is 2.16. The monoisotopic (exact) mass is 268 g/mol. The fourth-order valence-electron chi connectivity index (χ4n) is 1.42. The van der Waals surface area contributed by atoms with Gasteiger partial charge >= 0.3 is 0 Å². The van der Waals surface area contributed by atoms with E-state index in [4.69, 9.17) is 4.74 Å². The molecule has 0 fully saturated rings. The summed E-state index contributed by atoms with van der Waals surface area (Å²) in [6.45, 7) is 3.43. The maximum absolute atomic E-state index is 5.42. The summed E-state index contributed by atoms with van der Waals surface area (Å²) < 4.78 is 6.48. The van der Waals surface area contributed by atoms with Crippen molar-refractivity contribution >= 4 is 27.0 Å². The molecule has 0 saturated heterocycles. The van der Waals surface area contributed by atoms with E-state index in [0.717, 1.165) is 34.4 Å². The van der Waals surface area contributed by atoms with Crippen molar-refractivity contribution in [2.45, 2.75) is 20.0 Å². The van der Waals surface area contributed by atoms with Gasteiger partial charge in [-0.3, -0.25) is 0 Å². The van der Waals surface area contributed by atoms with Crippen LogP contribution in [0.3, 0.4) is 0 Å². The Morgan fingerprint density at radius 3 is 3.13 bits per heavy atom. The molecular formula is C11H13BrN2O. The van der Waals surface area contributed by atoms with E-state index in [9.17, 15) is 0 Å². The number of rotatable bonds is 4. The Bertz CT molecular complexity index is 453. The molecule has 2 rings (SSSR count). The molecule has 2 aromatic rings. The highest BCUT2D eigenvalue weighted by molar-refractivity contribution is 9.10. The second-order valence-corrected chi connectivity index (χ2v) is 4.31. The van der Waals surface area contributed by atoms with Gasteiger partial charge in [0.05, 0.1) is 11.0 Å². The maximum atomic E-state index is 5.42. The maximum Gasteiger partial charge on any atom is 0.133 e. The van der Waals surface area contributed by atoms with E-state index in [1.807, 2.05) is 18.2 Å². The summed E-state index contributed by atoms with van der Waals surface area (Å²) in [4.78, 5) is 7.65. The third-order valence-electron chi connectivity index (χ3n) is 2.08. The topological polar surface area (TPSA) is 37.9 Å². The molecule has 15 heavy (non-hydrogen) atoms. The van der Waals surface area contributed by atoms with Crippen molar-refractivity contribution < 1.29 is 4.74 Å². The summed E-state index contributed by atoms with van der Waals surface area (Å²) in [5, 5.41) is 0. The molecular weight excluding hydrogens is 256 g/mol. The van der Waals surface area contributed by atoms with Gasteiger partial charge in [0.2, 0.25) is 0 Å². The molecule has 0 unspecified atom stereocenters. The summed E-state index contributed by atoms with van der Waals surface area (Å²) in [5.74, 6) is 0.886. The number of hydrogen-bond acceptors (Lipinski definition) is 2. The third kappa shape index (κ3) is 2.58. The summed E-state index contributed by atoms with van der Waals surface area (Å²) in [7, 11) is 0. The predicted octanol–water partition coefficient (Wildman–Crippen LogP) is 3.25. The van der Waals surface area contributed by atoms with Crippen molar-refractivity contribution in [1.82, 2.24) is 9.97 Å². The lowest BCUT2D eigenvalue weighted by atomic mass is 10.3. The summed E-state index contributed by atoms with van der Waals surface area (Å²) >= 11 is 3.43. The van der Waals surface area contributed by atoms with Gasteiger partial charge in [-0.05, 0) is 24.6 Å². The minimum atomic E-state index is 0.556. The van der Waals surface area contributed by atoms with Crippen LogP contribution in [0.2, 0.25) is 0 Å². The largest absolute Gasteiger partial charge is 0.374 e. The first kappa shape index (κ1) is 10.6. The fourth-order valence-corrected chi connectivity index (χ4v) is 1.78. The van der Waals surface area contributed by atoms with Crippen molar-refractivity contribution in [3.63, 3.8) is 0 Å². The van der Waals surface area contributed by atoms with Gasteiger partial charge < -0.3 is 9.72 Å². The van der Waals surface area contributed by atoms with E-state index in [1.54, 1.807) is 0 Å². The van der Waals surface area contributed by atoms with E-state index >= 15 is 0 Å². The summed E-state index contributed by atoms with van der Waals surface area (Å²) in [6, 6.07) is 5.99. The number of ether oxygens (including phenoxy) is 1. The molecule has 0 aliphatic rings. The van der Waals surface area contributed by atoms with E-state index in [0.29, 0.717) is 6.61 Å². The number of imidazole rings is 1. The lowest BCUT2D eigenvalue weighted by Gasteiger charge is -1.97. The second-order valence-electron chi connectivity index (χ2n) is 3.40. The van der Waals surface area contributed by atoms with Crippen molar-refractivity contribution in [2.75, 3.05) is 6.61 Å². The van der Waals surface area contributed by atoms with Crippen LogP contribution < -0.4 is 0 Å². The van der Waals surface area contributed by atoms with Crippen molar-refractivity contribution in [1.29, 1.82) is 0 Å². The Kier molecular flexibility index (Phi) is 3.38. The number of benzene rings is 1. The average molecular weight is 269 g/mol. The highest BCUT2D eigenvalue weighted by atomic mass is 79.9. The highest BCUT2D eigenvalue weighted by Crippen LogP contribution is 2.17. The Labute approximate surface area is 97.0 Å². The van der Waals surface area contributed by atoms with Crippen LogP contribution in [-0.4, -0.2) is 16.6 Å². The second kappa shape index (κ2) is 4.77. The lowest BCUT2D eigenvalue weighted by molar-refractivity contribution is 0.117. The summed E-state index contributed by atoms with van der Waals surface area (Å²) in [5.41, 5.74) is 2.02. The van der Waals surface area contributed by atoms with Gasteiger partial charge in [0.25, 0.3) is 0 Å². The van der Waals surface area contributed by atoms with Crippen LogP contribution in [0.5, 0.6) is 0 Å². The van der Waals surface area contributed by atoms with Crippen LogP contribution in [0.4, 0.5) is 0 Å². The lowest BCUT2D eigenvalue weighted by Crippen LogP contribution is -1.95. The number of aromatic amines is 1. The Hall–Kier alpha value is -0.870. The molecule has 1 heterocycles. The molecule has 0 amide bonds. The van der Waals surface area contributed by atoms with E-state index in [-0.39, 0.29) is 0 Å². The number of halogens is 1. The molecule has 3 nitrogen and oxygen atoms in total. The number of aromatic nitrogens is 2. The normalized spacial score (nSPS) is 11.1. The SMILES string of the molecule is CCCOCc1nc2ccc(Br)cc2[nH]1. The van der Waals surface area contributed by atoms with Crippen LogP contribution in [0.25, 0.3) is 11.0 Å². The Morgan fingerprint density at radius 1 is 1.47 bits per heavy atom. The molecule has 1 aromatic carbocycles. The van der Waals surface area contributed by atoms with Crippen molar-refractivity contribution in [2.24, 2.45) is 0 Å². The zero-order chi connectivity index (χ0) is 10.7. The smallest absolute Gasteiger partial charge is 0.133 e. The summed E-state index contributed by atoms with van der Waals surface area (Å²) in [6.07, 6.45) is 1.03. The van der Waals surface area contributed by atoms with Crippen molar-refractivity contribution in [3.8, 4) is 0 Å². The third-order valence-corrected chi connectivity index (χ3v) is 2.57. The van der Waals surface area contributed by atoms with Gasteiger partial charge in [-0.15, -0.1) is 0 Å². The van der Waals surface area contributed by atoms with Gasteiger partial charge in [0.1, 0.15) is 12.4 Å². The van der Waals surface area contributed by atoms with Gasteiger partial charge in [-0.2, -0.15) is 0 Å². The first-order chi connectivity index (χ1) is 7.29. The number of hydrogen-bond donors (Lipinski definition) is 1. The molecule has 0 atom stereocenters.